The van der Waals surface area contributed by atoms with Gasteiger partial charge in [0.25, 0.3) is 16.5 Å². The fourth-order valence-electron chi connectivity index (χ4n) is 2.11. The molecule has 12 heteroatoms. The van der Waals surface area contributed by atoms with Crippen LogP contribution in [-0.2, 0) is 38.2 Å². The summed E-state index contributed by atoms with van der Waals surface area (Å²) in [5, 5.41) is 1.75. The molecule has 0 aromatic rings. The van der Waals surface area contributed by atoms with E-state index in [-0.39, 0.29) is 25.2 Å². The van der Waals surface area contributed by atoms with E-state index in [1.54, 1.807) is 5.32 Å². The van der Waals surface area contributed by atoms with Gasteiger partial charge in [0.2, 0.25) is 11.9 Å². The second-order valence-electron chi connectivity index (χ2n) is 5.43. The minimum absolute atomic E-state index is 0.0780. The SMILES string of the molecule is C=C(CC(OS(C)(=O)=O)C(=O)OCC)CC(NC=O)(C(=O)OCC)C(F)F. The van der Waals surface area contributed by atoms with Crippen molar-refractivity contribution in [2.45, 2.75) is 44.8 Å². The van der Waals surface area contributed by atoms with Crippen molar-refractivity contribution < 1.29 is 45.2 Å². The van der Waals surface area contributed by atoms with Gasteiger partial charge < -0.3 is 14.8 Å². The molecule has 0 bridgehead atoms. The molecule has 0 spiro atoms. The third-order valence-electron chi connectivity index (χ3n) is 3.17. The Bertz CT molecular complexity index is 652. The van der Waals surface area contributed by atoms with Crippen molar-refractivity contribution in [1.29, 1.82) is 0 Å². The molecule has 0 saturated carbocycles. The second kappa shape index (κ2) is 10.9. The predicted octanol–water partition coefficient (Wildman–Crippen LogP) is 0.544. The molecule has 0 aromatic heterocycles. The Morgan fingerprint density at radius 1 is 1.22 bits per heavy atom. The molecule has 0 aliphatic carbocycles. The van der Waals surface area contributed by atoms with Gasteiger partial charge in [-0.2, -0.15) is 8.42 Å². The van der Waals surface area contributed by atoms with E-state index in [0.717, 1.165) is 0 Å². The molecule has 27 heavy (non-hydrogen) atoms. The van der Waals surface area contributed by atoms with Crippen LogP contribution in [0.1, 0.15) is 26.7 Å². The quantitative estimate of drug-likeness (QED) is 0.200. The molecular weight excluding hydrogens is 392 g/mol. The second-order valence-corrected chi connectivity index (χ2v) is 7.03. The number of carbonyl (C=O) groups is 3. The largest absolute Gasteiger partial charge is 0.464 e. The van der Waals surface area contributed by atoms with Crippen LogP contribution in [0.3, 0.4) is 0 Å². The molecule has 156 valence electrons. The molecule has 0 aliphatic heterocycles. The van der Waals surface area contributed by atoms with Gasteiger partial charge in [-0.1, -0.05) is 12.2 Å². The first-order valence-electron chi connectivity index (χ1n) is 7.81. The van der Waals surface area contributed by atoms with Crippen molar-refractivity contribution in [3.63, 3.8) is 0 Å². The maximum Gasteiger partial charge on any atom is 0.338 e. The zero-order chi connectivity index (χ0) is 21.3. The number of esters is 2. The van der Waals surface area contributed by atoms with Gasteiger partial charge >= 0.3 is 11.9 Å². The van der Waals surface area contributed by atoms with E-state index in [1.165, 1.54) is 13.8 Å². The molecule has 0 rings (SSSR count). The minimum Gasteiger partial charge on any atom is -0.464 e. The molecule has 9 nitrogen and oxygen atoms in total. The monoisotopic (exact) mass is 415 g/mol. The topological polar surface area (TPSA) is 125 Å². The summed E-state index contributed by atoms with van der Waals surface area (Å²) in [7, 11) is -4.08. The lowest BCUT2D eigenvalue weighted by molar-refractivity contribution is -0.160. The van der Waals surface area contributed by atoms with Crippen LogP contribution in [0.2, 0.25) is 0 Å². The number of ether oxygens (including phenoxy) is 2. The van der Waals surface area contributed by atoms with Crippen LogP contribution < -0.4 is 5.32 Å². The molecule has 1 N–H and O–H groups in total. The Kier molecular flexibility index (Phi) is 10.1. The highest BCUT2D eigenvalue weighted by atomic mass is 32.2. The third-order valence-corrected chi connectivity index (χ3v) is 3.75. The zero-order valence-electron chi connectivity index (χ0n) is 15.2. The number of amides is 1. The Labute approximate surface area is 156 Å². The number of hydrogen-bond acceptors (Lipinski definition) is 8. The molecule has 0 aromatic carbocycles. The van der Waals surface area contributed by atoms with E-state index in [2.05, 4.69) is 20.2 Å². The van der Waals surface area contributed by atoms with E-state index in [1.807, 2.05) is 0 Å². The van der Waals surface area contributed by atoms with Crippen LogP contribution in [0.5, 0.6) is 0 Å². The van der Waals surface area contributed by atoms with Crippen LogP contribution in [0, 0.1) is 0 Å². The Balaban J connectivity index is 5.57. The van der Waals surface area contributed by atoms with Crippen molar-refractivity contribution in [2.24, 2.45) is 0 Å². The van der Waals surface area contributed by atoms with Gasteiger partial charge in [-0.05, 0) is 13.8 Å². The highest BCUT2D eigenvalue weighted by Gasteiger charge is 2.49. The number of halogens is 2. The van der Waals surface area contributed by atoms with Gasteiger partial charge in [-0.15, -0.1) is 0 Å². The highest BCUT2D eigenvalue weighted by molar-refractivity contribution is 7.86. The van der Waals surface area contributed by atoms with Crippen molar-refractivity contribution in [2.75, 3.05) is 19.5 Å². The van der Waals surface area contributed by atoms with Crippen LogP contribution in [0.25, 0.3) is 0 Å². The molecule has 2 unspecified atom stereocenters. The van der Waals surface area contributed by atoms with E-state index in [0.29, 0.717) is 6.26 Å². The standard InChI is InChI=1S/C15H23F2NO8S/c1-5-24-12(20)11(26-27(4,22)23)7-10(3)8-15(13(16)17,18-9-19)14(21)25-6-2/h9,11,13H,3,5-8H2,1-2,4H3,(H,18,19). The lowest BCUT2D eigenvalue weighted by atomic mass is 9.89. The number of alkyl halides is 2. The number of carbonyl (C=O) groups excluding carboxylic acids is 3. The summed E-state index contributed by atoms with van der Waals surface area (Å²) in [5.41, 5.74) is -2.90. The van der Waals surface area contributed by atoms with Gasteiger partial charge in [0.15, 0.2) is 6.10 Å². The summed E-state index contributed by atoms with van der Waals surface area (Å²) in [4.78, 5) is 34.6. The molecule has 0 heterocycles. The van der Waals surface area contributed by atoms with E-state index >= 15 is 0 Å². The lowest BCUT2D eigenvalue weighted by Crippen LogP contribution is -2.58. The van der Waals surface area contributed by atoms with Crippen LogP contribution in [0.15, 0.2) is 12.2 Å². The fourth-order valence-corrected chi connectivity index (χ4v) is 2.68. The van der Waals surface area contributed by atoms with Crippen molar-refractivity contribution in [3.8, 4) is 0 Å². The lowest BCUT2D eigenvalue weighted by Gasteiger charge is -2.31. The average molecular weight is 415 g/mol. The van der Waals surface area contributed by atoms with Gasteiger partial charge in [-0.3, -0.25) is 8.98 Å². The van der Waals surface area contributed by atoms with Crippen molar-refractivity contribution in [3.05, 3.63) is 12.2 Å². The van der Waals surface area contributed by atoms with E-state index in [4.69, 9.17) is 0 Å². The summed E-state index contributed by atoms with van der Waals surface area (Å²) in [5.74, 6) is -2.45. The van der Waals surface area contributed by atoms with Crippen LogP contribution in [0.4, 0.5) is 8.78 Å². The van der Waals surface area contributed by atoms with Crippen molar-refractivity contribution >= 4 is 28.5 Å². The number of rotatable bonds is 13. The molecule has 2 atom stereocenters. The Hall–Kier alpha value is -2.08. The summed E-state index contributed by atoms with van der Waals surface area (Å²) >= 11 is 0. The molecule has 0 saturated heterocycles. The molecule has 0 fully saturated rings. The van der Waals surface area contributed by atoms with Gasteiger partial charge in [0, 0.05) is 12.8 Å². The summed E-state index contributed by atoms with van der Waals surface area (Å²) in [6.07, 6.45) is -5.80. The Morgan fingerprint density at radius 2 is 1.78 bits per heavy atom. The summed E-state index contributed by atoms with van der Waals surface area (Å²) < 4.78 is 63.7. The molecule has 0 radical (unpaired) electrons. The van der Waals surface area contributed by atoms with Gasteiger partial charge in [0.1, 0.15) is 0 Å². The molecule has 1 amide bonds. The molecule has 0 aliphatic rings. The van der Waals surface area contributed by atoms with E-state index in [9.17, 15) is 31.6 Å². The maximum atomic E-state index is 13.6. The maximum absolute atomic E-state index is 13.6. The summed E-state index contributed by atoms with van der Waals surface area (Å²) in [6, 6.07) is 0. The third kappa shape index (κ3) is 7.99. The molecular formula is C15H23F2NO8S. The fraction of sp³-hybridized carbons (Fsp3) is 0.667. The van der Waals surface area contributed by atoms with Crippen LogP contribution >= 0.6 is 0 Å². The normalized spacial score (nSPS) is 14.7. The Morgan fingerprint density at radius 3 is 2.19 bits per heavy atom. The number of hydrogen-bond donors (Lipinski definition) is 1. The van der Waals surface area contributed by atoms with Gasteiger partial charge in [0.05, 0.1) is 19.5 Å². The van der Waals surface area contributed by atoms with E-state index < -0.39 is 53.0 Å². The van der Waals surface area contributed by atoms with Gasteiger partial charge in [-0.25, -0.2) is 18.4 Å². The van der Waals surface area contributed by atoms with Crippen molar-refractivity contribution in [1.82, 2.24) is 5.32 Å². The minimum atomic E-state index is -4.08. The smallest absolute Gasteiger partial charge is 0.338 e. The number of nitrogens with one attached hydrogen (secondary N) is 1. The first-order chi connectivity index (χ1) is 12.4. The zero-order valence-corrected chi connectivity index (χ0v) is 16.0. The average Bonchev–Trinajstić information content (AvgIpc) is 2.52. The first-order valence-corrected chi connectivity index (χ1v) is 9.63. The summed E-state index contributed by atoms with van der Waals surface area (Å²) in [6.45, 7) is 6.04. The predicted molar refractivity (Wildman–Crippen MR) is 89.3 cm³/mol. The van der Waals surface area contributed by atoms with Crippen LogP contribution in [-0.4, -0.2) is 64.3 Å². The highest BCUT2D eigenvalue weighted by Crippen LogP contribution is 2.28. The first kappa shape index (κ1) is 24.9.